The van der Waals surface area contributed by atoms with Gasteiger partial charge in [-0.25, -0.2) is 4.98 Å². The van der Waals surface area contributed by atoms with Gasteiger partial charge in [0.2, 0.25) is 0 Å². The van der Waals surface area contributed by atoms with Gasteiger partial charge in [0.05, 0.1) is 4.11 Å². The molecule has 0 saturated heterocycles. The molecule has 0 bridgehead atoms. The maximum atomic E-state index is 7.41. The summed E-state index contributed by atoms with van der Waals surface area (Å²) in [5, 5.41) is 0. The maximum Gasteiger partial charge on any atom is 0.123 e. The molecular formula is C7H10N2. The third-order valence-electron chi connectivity index (χ3n) is 0.988. The summed E-state index contributed by atoms with van der Waals surface area (Å²) in [6, 6.07) is -0.284. The number of pyridine rings is 1. The van der Waals surface area contributed by atoms with Crippen LogP contribution in [0.1, 0.15) is 16.7 Å². The van der Waals surface area contributed by atoms with E-state index in [4.69, 9.17) is 9.85 Å². The van der Waals surface area contributed by atoms with Crippen LogP contribution in [0.4, 0.5) is 5.82 Å². The standard InChI is InChI=1S/C7H10N2/c1-2-6-4-3-5-7(8)9-6/h3-5H,2H2,1H3,(H2,8,9)/i3D,4D,5D. The molecular weight excluding hydrogens is 112 g/mol. The summed E-state index contributed by atoms with van der Waals surface area (Å²) in [7, 11) is 0. The molecule has 0 aliphatic carbocycles. The molecule has 1 aromatic heterocycles. The van der Waals surface area contributed by atoms with Crippen molar-refractivity contribution in [2.45, 2.75) is 13.3 Å². The topological polar surface area (TPSA) is 38.9 Å². The molecule has 0 radical (unpaired) electrons. The Bertz CT molecular complexity index is 312. The van der Waals surface area contributed by atoms with E-state index in [0.29, 0.717) is 12.1 Å². The van der Waals surface area contributed by atoms with Crippen LogP contribution in [-0.4, -0.2) is 4.98 Å². The van der Waals surface area contributed by atoms with Crippen molar-refractivity contribution >= 4 is 5.82 Å². The average molecular weight is 125 g/mol. The predicted molar refractivity (Wildman–Crippen MR) is 38.0 cm³/mol. The van der Waals surface area contributed by atoms with Gasteiger partial charge in [-0.2, -0.15) is 0 Å². The number of anilines is 1. The van der Waals surface area contributed by atoms with Crippen molar-refractivity contribution < 1.29 is 4.11 Å². The maximum absolute atomic E-state index is 7.41. The molecule has 2 N–H and O–H groups in total. The molecule has 2 heteroatoms. The lowest BCUT2D eigenvalue weighted by molar-refractivity contribution is 1.04. The zero-order chi connectivity index (χ0) is 9.30. The first kappa shape index (κ1) is 3.20. The van der Waals surface area contributed by atoms with Crippen molar-refractivity contribution in [3.63, 3.8) is 0 Å². The first-order valence-corrected chi connectivity index (χ1v) is 2.80. The summed E-state index contributed by atoms with van der Waals surface area (Å²) < 4.78 is 22.0. The molecule has 0 spiro atoms. The molecule has 0 fully saturated rings. The van der Waals surface area contributed by atoms with Crippen molar-refractivity contribution in [3.8, 4) is 0 Å². The van der Waals surface area contributed by atoms with E-state index in [1.807, 2.05) is 6.92 Å². The second kappa shape index (κ2) is 2.49. The van der Waals surface area contributed by atoms with Crippen LogP contribution < -0.4 is 5.73 Å². The second-order valence-electron chi connectivity index (χ2n) is 1.67. The molecule has 0 amide bonds. The number of hydrogen-bond donors (Lipinski definition) is 1. The molecule has 0 saturated carbocycles. The van der Waals surface area contributed by atoms with Crippen LogP contribution in [0, 0.1) is 0 Å². The summed E-state index contributed by atoms with van der Waals surface area (Å²) >= 11 is 0. The number of nitrogens with zero attached hydrogens (tertiary/aromatic N) is 1. The Kier molecular flexibility index (Phi) is 0.884. The Balaban J connectivity index is 3.39. The van der Waals surface area contributed by atoms with Crippen LogP contribution in [0.3, 0.4) is 0 Å². The highest BCUT2D eigenvalue weighted by atomic mass is 14.8. The molecule has 0 aliphatic heterocycles. The summed E-state index contributed by atoms with van der Waals surface area (Å²) in [5.74, 6) is 0.0350. The van der Waals surface area contributed by atoms with E-state index in [1.54, 1.807) is 0 Å². The molecule has 1 aromatic rings. The highest BCUT2D eigenvalue weighted by Crippen LogP contribution is 1.99. The van der Waals surface area contributed by atoms with Crippen molar-refractivity contribution in [1.82, 2.24) is 4.98 Å². The van der Waals surface area contributed by atoms with Gasteiger partial charge in [-0.1, -0.05) is 13.0 Å². The average Bonchev–Trinajstić information content (AvgIpc) is 2.08. The minimum Gasteiger partial charge on any atom is -0.384 e. The van der Waals surface area contributed by atoms with Crippen molar-refractivity contribution in [3.05, 3.63) is 23.8 Å². The van der Waals surface area contributed by atoms with E-state index in [1.165, 1.54) is 0 Å². The fourth-order valence-electron chi connectivity index (χ4n) is 0.536. The molecule has 1 rings (SSSR count). The van der Waals surface area contributed by atoms with Crippen LogP contribution >= 0.6 is 0 Å². The van der Waals surface area contributed by atoms with Gasteiger partial charge in [0.1, 0.15) is 5.82 Å². The third-order valence-corrected chi connectivity index (χ3v) is 0.988. The van der Waals surface area contributed by atoms with Crippen molar-refractivity contribution in [2.75, 3.05) is 5.73 Å². The van der Waals surface area contributed by atoms with E-state index in [2.05, 4.69) is 4.98 Å². The molecule has 0 atom stereocenters. The Morgan fingerprint density at radius 1 is 1.78 bits per heavy atom. The molecule has 1 heterocycles. The third kappa shape index (κ3) is 1.42. The van der Waals surface area contributed by atoms with Crippen LogP contribution in [0.15, 0.2) is 18.1 Å². The van der Waals surface area contributed by atoms with Gasteiger partial charge < -0.3 is 5.73 Å². The number of nitrogen functional groups attached to an aromatic ring is 1. The fraction of sp³-hybridized carbons (Fsp3) is 0.286. The van der Waals surface area contributed by atoms with Crippen LogP contribution in [0.2, 0.25) is 0 Å². The molecule has 48 valence electrons. The minimum absolute atomic E-state index is 0.0108. The van der Waals surface area contributed by atoms with Gasteiger partial charge in [-0.3, -0.25) is 0 Å². The van der Waals surface area contributed by atoms with E-state index in [9.17, 15) is 0 Å². The minimum atomic E-state index is -0.155. The Morgan fingerprint density at radius 3 is 3.22 bits per heavy atom. The summed E-state index contributed by atoms with van der Waals surface area (Å²) in [5.41, 5.74) is 5.84. The first-order valence-electron chi connectivity index (χ1n) is 4.30. The van der Waals surface area contributed by atoms with E-state index in [-0.39, 0.29) is 23.9 Å². The van der Waals surface area contributed by atoms with Crippen LogP contribution in [-0.2, 0) is 6.42 Å². The fourth-order valence-corrected chi connectivity index (χ4v) is 0.536. The van der Waals surface area contributed by atoms with E-state index >= 15 is 0 Å². The van der Waals surface area contributed by atoms with Crippen molar-refractivity contribution in [2.24, 2.45) is 0 Å². The zero-order valence-electron chi connectivity index (χ0n) is 8.23. The van der Waals surface area contributed by atoms with Crippen molar-refractivity contribution in [1.29, 1.82) is 0 Å². The van der Waals surface area contributed by atoms with Gasteiger partial charge in [0.25, 0.3) is 0 Å². The summed E-state index contributed by atoms with van der Waals surface area (Å²) in [6.07, 6.45) is 0.565. The number of rotatable bonds is 1. The first-order chi connectivity index (χ1) is 5.57. The molecule has 2 nitrogen and oxygen atoms in total. The van der Waals surface area contributed by atoms with Gasteiger partial charge >= 0.3 is 0 Å². The quantitative estimate of drug-likeness (QED) is 0.613. The SMILES string of the molecule is [2H]c1c(N)nc(CC)c([2H])c1[2H]. The number of hydrogen-bond acceptors (Lipinski definition) is 2. The Morgan fingerprint density at radius 2 is 2.56 bits per heavy atom. The normalized spacial score (nSPS) is 14.1. The lowest BCUT2D eigenvalue weighted by Gasteiger charge is -1.94. The van der Waals surface area contributed by atoms with Crippen LogP contribution in [0.5, 0.6) is 0 Å². The van der Waals surface area contributed by atoms with E-state index < -0.39 is 0 Å². The molecule has 0 aromatic carbocycles. The lowest BCUT2D eigenvalue weighted by atomic mass is 10.3. The Labute approximate surface area is 58.9 Å². The van der Waals surface area contributed by atoms with Gasteiger partial charge in [-0.05, 0) is 18.5 Å². The number of aryl methyl sites for hydroxylation is 1. The van der Waals surface area contributed by atoms with Crippen LogP contribution in [0.25, 0.3) is 0 Å². The molecule has 0 unspecified atom stereocenters. The molecule has 9 heavy (non-hydrogen) atoms. The lowest BCUT2D eigenvalue weighted by Crippen LogP contribution is -1.92. The highest BCUT2D eigenvalue weighted by Gasteiger charge is 1.87. The highest BCUT2D eigenvalue weighted by molar-refractivity contribution is 5.28. The van der Waals surface area contributed by atoms with E-state index in [0.717, 1.165) is 0 Å². The number of aromatic nitrogens is 1. The smallest absolute Gasteiger partial charge is 0.123 e. The van der Waals surface area contributed by atoms with Gasteiger partial charge in [0.15, 0.2) is 0 Å². The summed E-state index contributed by atoms with van der Waals surface area (Å²) in [6.45, 7) is 1.84. The Hall–Kier alpha value is -1.05. The van der Waals surface area contributed by atoms with Gasteiger partial charge in [-0.15, -0.1) is 0 Å². The molecule has 0 aliphatic rings. The zero-order valence-corrected chi connectivity index (χ0v) is 5.23. The largest absolute Gasteiger partial charge is 0.384 e. The number of nitrogens with two attached hydrogens (primary N) is 1. The van der Waals surface area contributed by atoms with Gasteiger partial charge in [0, 0.05) is 5.69 Å². The summed E-state index contributed by atoms with van der Waals surface area (Å²) in [4.78, 5) is 3.83. The predicted octanol–water partition coefficient (Wildman–Crippen LogP) is 1.23. The monoisotopic (exact) mass is 125 g/mol. The second-order valence-corrected chi connectivity index (χ2v) is 1.67.